The van der Waals surface area contributed by atoms with E-state index in [1.165, 1.54) is 22.3 Å². The average molecular weight is 545 g/mol. The molecule has 16 heterocycles. The summed E-state index contributed by atoms with van der Waals surface area (Å²) in [6, 6.07) is 51.5. The van der Waals surface area contributed by atoms with Crippen LogP contribution in [0.4, 0.5) is 45.5 Å². The first-order valence-electron chi connectivity index (χ1n) is 14.3. The zero-order chi connectivity index (χ0) is 28.1. The molecule has 0 aliphatic carbocycles. The Balaban J connectivity index is 1.14. The highest BCUT2D eigenvalue weighted by Gasteiger charge is 2.04. The highest BCUT2D eigenvalue weighted by molar-refractivity contribution is 5.68. The first kappa shape index (κ1) is 25.5. The second-order valence-corrected chi connectivity index (χ2v) is 10.8. The van der Waals surface area contributed by atoms with Crippen molar-refractivity contribution in [2.75, 3.05) is 21.3 Å². The van der Waals surface area contributed by atoms with Gasteiger partial charge >= 0.3 is 0 Å². The first-order chi connectivity index (χ1) is 20.7. The second-order valence-electron chi connectivity index (χ2n) is 10.8. The van der Waals surface area contributed by atoms with Crippen molar-refractivity contribution in [2.45, 2.75) is 12.8 Å². The summed E-state index contributed by atoms with van der Waals surface area (Å²) in [5.74, 6) is 0. The fourth-order valence-corrected chi connectivity index (χ4v) is 5.24. The van der Waals surface area contributed by atoms with E-state index >= 15 is 0 Å². The molecule has 16 aliphatic heterocycles. The van der Waals surface area contributed by atoms with Crippen LogP contribution in [0.3, 0.4) is 0 Å². The van der Waals surface area contributed by atoms with Crippen molar-refractivity contribution in [3.63, 3.8) is 0 Å². The lowest BCUT2D eigenvalue weighted by Crippen LogP contribution is -1.95. The van der Waals surface area contributed by atoms with E-state index in [-0.39, 0.29) is 0 Å². The Bertz CT molecular complexity index is 1280. The smallest absolute Gasteiger partial charge is 0.0385 e. The van der Waals surface area contributed by atoms with E-state index in [1.54, 1.807) is 0 Å². The topological polar surface area (TPSA) is 48.1 Å². The Hall–Kier alpha value is -5.48. The quantitative estimate of drug-likeness (QED) is 0.153. The second kappa shape index (κ2) is 11.6. The van der Waals surface area contributed by atoms with Crippen molar-refractivity contribution in [1.82, 2.24) is 0 Å². The number of hydrogen-bond acceptors (Lipinski definition) is 4. The lowest BCUT2D eigenvalue weighted by atomic mass is 10.0. The van der Waals surface area contributed by atoms with Crippen LogP contribution in [0.1, 0.15) is 22.3 Å². The van der Waals surface area contributed by atoms with E-state index in [0.717, 1.165) is 58.3 Å². The van der Waals surface area contributed by atoms with E-state index in [1.807, 2.05) is 0 Å². The fourth-order valence-electron chi connectivity index (χ4n) is 5.24. The largest absolute Gasteiger partial charge is 0.356 e. The van der Waals surface area contributed by atoms with E-state index < -0.39 is 0 Å². The van der Waals surface area contributed by atoms with Crippen LogP contribution in [0.5, 0.6) is 0 Å². The van der Waals surface area contributed by atoms with Gasteiger partial charge in [-0.25, -0.2) is 0 Å². The first-order valence-corrected chi connectivity index (χ1v) is 14.3. The summed E-state index contributed by atoms with van der Waals surface area (Å²) < 4.78 is 0. The zero-order valence-corrected chi connectivity index (χ0v) is 23.3. The number of rotatable bonds is 0. The van der Waals surface area contributed by atoms with Gasteiger partial charge in [-0.15, -0.1) is 0 Å². The monoisotopic (exact) mass is 544 g/mol. The predicted molar refractivity (Wildman–Crippen MR) is 177 cm³/mol. The number of anilines is 8. The highest BCUT2D eigenvalue weighted by atomic mass is 14.9. The maximum Gasteiger partial charge on any atom is 0.0385 e. The maximum atomic E-state index is 3.51. The molecule has 0 spiro atoms. The normalized spacial score (nSPS) is 12.4. The number of nitrogens with one attached hydrogen (secondary N) is 4. The van der Waals surface area contributed by atoms with Crippen LogP contribution in [0.2, 0.25) is 0 Å². The van der Waals surface area contributed by atoms with Crippen molar-refractivity contribution in [1.29, 1.82) is 0 Å². The van der Waals surface area contributed by atoms with Crippen molar-refractivity contribution < 1.29 is 0 Å². The average Bonchev–Trinajstić information content (AvgIpc) is 3.03. The molecule has 0 amide bonds. The molecule has 16 aliphatic rings. The van der Waals surface area contributed by atoms with E-state index in [9.17, 15) is 0 Å². The van der Waals surface area contributed by atoms with Crippen LogP contribution in [-0.2, 0) is 12.8 Å². The van der Waals surface area contributed by atoms with Crippen LogP contribution in [0, 0.1) is 0 Å². The van der Waals surface area contributed by atoms with Gasteiger partial charge in [-0.05, 0) is 132 Å². The summed E-state index contributed by atoms with van der Waals surface area (Å²) in [5.41, 5.74) is 13.7. The third-order valence-electron chi connectivity index (χ3n) is 7.56. The van der Waals surface area contributed by atoms with Gasteiger partial charge in [0.05, 0.1) is 0 Å². The van der Waals surface area contributed by atoms with Crippen LogP contribution >= 0.6 is 0 Å². The van der Waals surface area contributed by atoms with Crippen LogP contribution in [0.25, 0.3) is 0 Å². The molecule has 6 aromatic rings. The van der Waals surface area contributed by atoms with Crippen LogP contribution in [-0.4, -0.2) is 0 Å². The molecule has 12 bridgehead atoms. The minimum Gasteiger partial charge on any atom is -0.356 e. The Morgan fingerprint density at radius 2 is 0.357 bits per heavy atom. The molecule has 4 N–H and O–H groups in total. The summed E-state index contributed by atoms with van der Waals surface area (Å²) in [6.45, 7) is 0. The molecule has 4 nitrogen and oxygen atoms in total. The molecule has 0 atom stereocenters. The van der Waals surface area contributed by atoms with Gasteiger partial charge in [0.1, 0.15) is 0 Å². The van der Waals surface area contributed by atoms with Crippen molar-refractivity contribution in [2.24, 2.45) is 0 Å². The third-order valence-corrected chi connectivity index (χ3v) is 7.56. The van der Waals surface area contributed by atoms with Gasteiger partial charge in [0.25, 0.3) is 0 Å². The Kier molecular flexibility index (Phi) is 7.01. The van der Waals surface area contributed by atoms with E-state index in [4.69, 9.17) is 0 Å². The summed E-state index contributed by atoms with van der Waals surface area (Å²) in [5, 5.41) is 14.1. The molecule has 204 valence electrons. The Labute approximate surface area is 247 Å². The van der Waals surface area contributed by atoms with Gasteiger partial charge < -0.3 is 21.3 Å². The standard InChI is InChI=1S/C38H32N4/c1-9-31-10-2-27(1)25-28-3-11-32(12-4-28)40-37-21-23-38(24-22-37)42-34-15-7-30(8-16-34)26-29-5-13-33(14-6-29)41-36-19-17-35(39-31)18-20-36/h1-24,39-42H,25-26H2. The molecule has 42 heavy (non-hydrogen) atoms. The minimum absolute atomic E-state index is 0.892. The molecule has 0 saturated heterocycles. The minimum atomic E-state index is 0.892. The summed E-state index contributed by atoms with van der Waals surface area (Å²) in [7, 11) is 0. The van der Waals surface area contributed by atoms with Crippen molar-refractivity contribution in [3.05, 3.63) is 168 Å². The van der Waals surface area contributed by atoms with Crippen LogP contribution < -0.4 is 21.3 Å². The SMILES string of the molecule is c1cc2ccc1Cc1ccc(cc1)Nc1ccc(cc1)Nc1ccc(cc1)Cc1ccc(cc1)Nc1ccc(cc1)N2. The van der Waals surface area contributed by atoms with Gasteiger partial charge in [0, 0.05) is 45.5 Å². The van der Waals surface area contributed by atoms with Gasteiger partial charge in [-0.3, -0.25) is 0 Å². The van der Waals surface area contributed by atoms with E-state index in [2.05, 4.69) is 167 Å². The van der Waals surface area contributed by atoms with Gasteiger partial charge in [0.2, 0.25) is 0 Å². The summed E-state index contributed by atoms with van der Waals surface area (Å²) in [4.78, 5) is 0. The highest BCUT2D eigenvalue weighted by Crippen LogP contribution is 2.26. The summed E-state index contributed by atoms with van der Waals surface area (Å²) >= 11 is 0. The molecule has 0 fully saturated rings. The molecule has 0 radical (unpaired) electrons. The zero-order valence-electron chi connectivity index (χ0n) is 23.3. The number of benzene rings is 6. The van der Waals surface area contributed by atoms with Crippen molar-refractivity contribution >= 4 is 45.5 Å². The molecule has 0 saturated carbocycles. The molecule has 4 heteroatoms. The lowest BCUT2D eigenvalue weighted by molar-refractivity contribution is 1.19. The van der Waals surface area contributed by atoms with Crippen molar-refractivity contribution in [3.8, 4) is 0 Å². The van der Waals surface area contributed by atoms with Gasteiger partial charge in [-0.1, -0.05) is 48.5 Å². The van der Waals surface area contributed by atoms with Crippen LogP contribution in [0.15, 0.2) is 146 Å². The molecular formula is C38H32N4. The van der Waals surface area contributed by atoms with Gasteiger partial charge in [-0.2, -0.15) is 0 Å². The summed E-state index contributed by atoms with van der Waals surface area (Å²) in [6.07, 6.45) is 1.78. The third kappa shape index (κ3) is 6.29. The molecule has 6 aromatic carbocycles. The maximum absolute atomic E-state index is 3.51. The Morgan fingerprint density at radius 1 is 0.214 bits per heavy atom. The fraction of sp³-hybridized carbons (Fsp3) is 0.0526. The lowest BCUT2D eigenvalue weighted by Gasteiger charge is -2.12. The Morgan fingerprint density at radius 3 is 0.524 bits per heavy atom. The van der Waals surface area contributed by atoms with E-state index in [0.29, 0.717) is 0 Å². The molecular weight excluding hydrogens is 512 g/mol. The molecule has 0 aromatic heterocycles. The number of hydrogen-bond donors (Lipinski definition) is 4. The van der Waals surface area contributed by atoms with Gasteiger partial charge in [0.15, 0.2) is 0 Å². The predicted octanol–water partition coefficient (Wildman–Crippen LogP) is 10.2. The molecule has 22 rings (SSSR count). The molecule has 0 unspecified atom stereocenters.